The second kappa shape index (κ2) is 18.3. The third-order valence-electron chi connectivity index (χ3n) is 4.81. The first-order valence-electron chi connectivity index (χ1n) is 10.9. The fraction of sp³-hybridized carbons (Fsp3) is 0.750. The summed E-state index contributed by atoms with van der Waals surface area (Å²) in [6.45, 7) is 0.377. The van der Waals surface area contributed by atoms with Gasteiger partial charge in [-0.05, 0) is 62.7 Å². The van der Waals surface area contributed by atoms with E-state index in [9.17, 15) is 29.1 Å². The second-order valence-electron chi connectivity index (χ2n) is 7.65. The Balaban J connectivity index is 5.44. The summed E-state index contributed by atoms with van der Waals surface area (Å²) in [5.74, 6) is -2.89. The minimum absolute atomic E-state index is 0.189. The van der Waals surface area contributed by atoms with Crippen molar-refractivity contribution >= 4 is 53.1 Å². The quantitative estimate of drug-likeness (QED) is 0.0959. The standard InChI is InChI=1S/C20H38N6O6S2/c1-33-9-6-12(22)17(28)24-14(7-10-34-2)19(30)25-13(5-3-4-8-21)18(29)26-15(20(31)32)11-16(23)27/h12-15H,3-11,21-22H2,1-2H3,(H2,23,27)(H,24,28)(H,25,30)(H,26,29)(H,31,32). The minimum Gasteiger partial charge on any atom is -0.480 e. The molecule has 196 valence electrons. The summed E-state index contributed by atoms with van der Waals surface area (Å²) in [4.78, 5) is 60.7. The molecule has 0 rings (SSSR count). The van der Waals surface area contributed by atoms with Gasteiger partial charge in [0.05, 0.1) is 12.5 Å². The molecule has 0 aliphatic carbocycles. The number of rotatable bonds is 19. The highest BCUT2D eigenvalue weighted by Crippen LogP contribution is 2.07. The number of amides is 4. The van der Waals surface area contributed by atoms with Crippen molar-refractivity contribution in [1.82, 2.24) is 16.0 Å². The van der Waals surface area contributed by atoms with Crippen LogP contribution in [0.5, 0.6) is 0 Å². The van der Waals surface area contributed by atoms with Crippen LogP contribution in [0, 0.1) is 0 Å². The van der Waals surface area contributed by atoms with Gasteiger partial charge in [0.25, 0.3) is 0 Å². The lowest BCUT2D eigenvalue weighted by Gasteiger charge is -2.25. The van der Waals surface area contributed by atoms with Crippen LogP contribution in [0.2, 0.25) is 0 Å². The topological polar surface area (TPSA) is 220 Å². The lowest BCUT2D eigenvalue weighted by atomic mass is 10.1. The molecule has 0 fully saturated rings. The van der Waals surface area contributed by atoms with Crippen LogP contribution in [0.3, 0.4) is 0 Å². The van der Waals surface area contributed by atoms with E-state index in [1.165, 1.54) is 11.8 Å². The van der Waals surface area contributed by atoms with Crippen molar-refractivity contribution in [3.63, 3.8) is 0 Å². The molecule has 0 aliphatic rings. The molecule has 0 aromatic carbocycles. The molecule has 12 nitrogen and oxygen atoms in total. The SMILES string of the molecule is CSCCC(N)C(=O)NC(CCSC)C(=O)NC(CCCCN)C(=O)NC(CC(N)=O)C(=O)O. The predicted molar refractivity (Wildman–Crippen MR) is 134 cm³/mol. The molecule has 0 heterocycles. The van der Waals surface area contributed by atoms with E-state index in [0.717, 1.165) is 0 Å². The van der Waals surface area contributed by atoms with E-state index in [4.69, 9.17) is 17.2 Å². The maximum Gasteiger partial charge on any atom is 0.326 e. The highest BCUT2D eigenvalue weighted by Gasteiger charge is 2.30. The highest BCUT2D eigenvalue weighted by atomic mass is 32.2. The Morgan fingerprint density at radius 1 is 0.794 bits per heavy atom. The monoisotopic (exact) mass is 522 g/mol. The first-order chi connectivity index (χ1) is 16.1. The van der Waals surface area contributed by atoms with Crippen LogP contribution < -0.4 is 33.2 Å². The molecule has 0 aromatic rings. The molecule has 0 bridgehead atoms. The van der Waals surface area contributed by atoms with Gasteiger partial charge in [-0.3, -0.25) is 19.2 Å². The summed E-state index contributed by atoms with van der Waals surface area (Å²) in [5, 5.41) is 16.8. The van der Waals surface area contributed by atoms with Crippen molar-refractivity contribution in [1.29, 1.82) is 0 Å². The highest BCUT2D eigenvalue weighted by molar-refractivity contribution is 7.98. The number of hydrogen-bond donors (Lipinski definition) is 7. The van der Waals surface area contributed by atoms with Gasteiger partial charge in [-0.2, -0.15) is 23.5 Å². The summed E-state index contributed by atoms with van der Waals surface area (Å²) in [6, 6.07) is -4.32. The Morgan fingerprint density at radius 3 is 1.79 bits per heavy atom. The summed E-state index contributed by atoms with van der Waals surface area (Å²) in [5.41, 5.74) is 16.5. The summed E-state index contributed by atoms with van der Waals surface area (Å²) in [7, 11) is 0. The molecule has 34 heavy (non-hydrogen) atoms. The first-order valence-corrected chi connectivity index (χ1v) is 13.7. The molecule has 0 aromatic heterocycles. The van der Waals surface area contributed by atoms with Crippen molar-refractivity contribution in [2.24, 2.45) is 17.2 Å². The zero-order valence-corrected chi connectivity index (χ0v) is 21.3. The Labute approximate surface area is 208 Å². The molecule has 4 amide bonds. The van der Waals surface area contributed by atoms with E-state index in [0.29, 0.717) is 43.7 Å². The number of nitrogens with one attached hydrogen (secondary N) is 3. The van der Waals surface area contributed by atoms with Gasteiger partial charge in [0.15, 0.2) is 0 Å². The molecule has 0 radical (unpaired) electrons. The molecule has 10 N–H and O–H groups in total. The molecule has 4 atom stereocenters. The number of nitrogens with two attached hydrogens (primary N) is 3. The van der Waals surface area contributed by atoms with Crippen molar-refractivity contribution in [2.45, 2.75) is 62.7 Å². The minimum atomic E-state index is -1.53. The molecule has 0 saturated carbocycles. The van der Waals surface area contributed by atoms with Gasteiger partial charge in [-0.15, -0.1) is 0 Å². The maximum atomic E-state index is 13.0. The van der Waals surface area contributed by atoms with Gasteiger partial charge < -0.3 is 38.3 Å². The van der Waals surface area contributed by atoms with E-state index in [1.54, 1.807) is 11.8 Å². The third-order valence-corrected chi connectivity index (χ3v) is 6.10. The smallest absolute Gasteiger partial charge is 0.326 e. The molecule has 0 aliphatic heterocycles. The number of carbonyl (C=O) groups is 5. The van der Waals surface area contributed by atoms with Crippen LogP contribution in [-0.2, 0) is 24.0 Å². The number of primary amides is 1. The number of carboxylic acids is 1. The number of carbonyl (C=O) groups excluding carboxylic acids is 4. The summed E-state index contributed by atoms with van der Waals surface area (Å²) >= 11 is 3.04. The fourth-order valence-corrected chi connectivity index (χ4v) is 3.83. The molecular weight excluding hydrogens is 484 g/mol. The lowest BCUT2D eigenvalue weighted by molar-refractivity contribution is -0.143. The molecular formula is C20H38N6O6S2. The lowest BCUT2D eigenvalue weighted by Crippen LogP contribution is -2.57. The average Bonchev–Trinajstić information content (AvgIpc) is 2.78. The van der Waals surface area contributed by atoms with Crippen molar-refractivity contribution in [3.8, 4) is 0 Å². The fourth-order valence-electron chi connectivity index (χ4n) is 2.87. The van der Waals surface area contributed by atoms with Gasteiger partial charge in [-0.25, -0.2) is 4.79 Å². The molecule has 14 heteroatoms. The van der Waals surface area contributed by atoms with Crippen LogP contribution in [-0.4, -0.2) is 89.4 Å². The van der Waals surface area contributed by atoms with Crippen LogP contribution in [0.25, 0.3) is 0 Å². The Kier molecular flexibility index (Phi) is 17.2. The zero-order chi connectivity index (χ0) is 26.1. The van der Waals surface area contributed by atoms with Crippen molar-refractivity contribution < 1.29 is 29.1 Å². The van der Waals surface area contributed by atoms with Gasteiger partial charge in [0.2, 0.25) is 23.6 Å². The number of aliphatic carboxylic acids is 1. The van der Waals surface area contributed by atoms with Gasteiger partial charge in [-0.1, -0.05) is 0 Å². The molecule has 4 unspecified atom stereocenters. The third kappa shape index (κ3) is 13.6. The van der Waals surface area contributed by atoms with Gasteiger partial charge in [0.1, 0.15) is 18.1 Å². The predicted octanol–water partition coefficient (Wildman–Crippen LogP) is -1.64. The van der Waals surface area contributed by atoms with Crippen LogP contribution in [0.15, 0.2) is 0 Å². The molecule has 0 spiro atoms. The Hall–Kier alpha value is -2.03. The number of unbranched alkanes of at least 4 members (excludes halogenated alkanes) is 1. The van der Waals surface area contributed by atoms with Crippen LogP contribution in [0.4, 0.5) is 0 Å². The number of thioether (sulfide) groups is 2. The van der Waals surface area contributed by atoms with E-state index in [-0.39, 0.29) is 6.42 Å². The largest absolute Gasteiger partial charge is 0.480 e. The van der Waals surface area contributed by atoms with E-state index >= 15 is 0 Å². The first kappa shape index (κ1) is 32.0. The normalized spacial score (nSPS) is 14.4. The second-order valence-corrected chi connectivity index (χ2v) is 9.62. The summed E-state index contributed by atoms with van der Waals surface area (Å²) < 4.78 is 0. The van der Waals surface area contributed by atoms with Gasteiger partial charge >= 0.3 is 5.97 Å². The van der Waals surface area contributed by atoms with Crippen molar-refractivity contribution in [2.75, 3.05) is 30.6 Å². The van der Waals surface area contributed by atoms with E-state index < -0.39 is 60.2 Å². The Morgan fingerprint density at radius 2 is 1.29 bits per heavy atom. The number of hydrogen-bond acceptors (Lipinski definition) is 9. The number of carboxylic acid groups (broad SMARTS) is 1. The van der Waals surface area contributed by atoms with Crippen LogP contribution >= 0.6 is 23.5 Å². The maximum absolute atomic E-state index is 13.0. The van der Waals surface area contributed by atoms with Crippen molar-refractivity contribution in [3.05, 3.63) is 0 Å². The molecule has 0 saturated heterocycles. The summed E-state index contributed by atoms with van der Waals surface area (Å²) in [6.07, 6.45) is 5.18. The van der Waals surface area contributed by atoms with Gasteiger partial charge in [0, 0.05) is 0 Å². The van der Waals surface area contributed by atoms with E-state index in [1.807, 2.05) is 12.5 Å². The van der Waals surface area contributed by atoms with E-state index in [2.05, 4.69) is 16.0 Å². The van der Waals surface area contributed by atoms with Crippen LogP contribution in [0.1, 0.15) is 38.5 Å². The Bertz CT molecular complexity index is 684. The zero-order valence-electron chi connectivity index (χ0n) is 19.7. The average molecular weight is 523 g/mol.